The predicted molar refractivity (Wildman–Crippen MR) is 122 cm³/mol. The summed E-state index contributed by atoms with van der Waals surface area (Å²) < 4.78 is 1.87. The van der Waals surface area contributed by atoms with Gasteiger partial charge >= 0.3 is 0 Å². The molecule has 0 spiro atoms. The van der Waals surface area contributed by atoms with Crippen LogP contribution >= 0.6 is 0 Å². The molecule has 0 aliphatic heterocycles. The van der Waals surface area contributed by atoms with Crippen molar-refractivity contribution in [3.8, 4) is 0 Å². The average molecular weight is 407 g/mol. The Balaban J connectivity index is 1.49. The second-order valence-corrected chi connectivity index (χ2v) is 7.58. The number of carbonyl (C=O) groups is 1. The largest absolute Gasteiger partial charge is 0.366 e. The lowest BCUT2D eigenvalue weighted by atomic mass is 10.0. The van der Waals surface area contributed by atoms with Crippen molar-refractivity contribution in [1.82, 2.24) is 19.6 Å². The monoisotopic (exact) mass is 407 g/mol. The van der Waals surface area contributed by atoms with Gasteiger partial charge in [-0.05, 0) is 29.7 Å². The predicted octanol–water partition coefficient (Wildman–Crippen LogP) is 4.72. The maximum Gasteiger partial charge on any atom is 0.203 e. The lowest BCUT2D eigenvalue weighted by Gasteiger charge is -2.14. The molecule has 6 nitrogen and oxygen atoms in total. The van der Waals surface area contributed by atoms with E-state index in [1.165, 1.54) is 5.56 Å². The third-order valence-electron chi connectivity index (χ3n) is 5.47. The van der Waals surface area contributed by atoms with Gasteiger partial charge in [-0.25, -0.2) is 4.98 Å². The first-order valence-corrected chi connectivity index (χ1v) is 10.2. The number of nitrogens with zero attached hydrogens (tertiary/aromatic N) is 4. The summed E-state index contributed by atoms with van der Waals surface area (Å²) in [4.78, 5) is 17.6. The summed E-state index contributed by atoms with van der Waals surface area (Å²) in [5, 5.41) is 11.8. The van der Waals surface area contributed by atoms with Crippen LogP contribution in [0.1, 0.15) is 34.3 Å². The van der Waals surface area contributed by atoms with Gasteiger partial charge in [-0.3, -0.25) is 9.20 Å². The lowest BCUT2D eigenvalue weighted by Crippen LogP contribution is -2.12. The molecule has 1 atom stereocenters. The van der Waals surface area contributed by atoms with E-state index < -0.39 is 0 Å². The number of rotatable bonds is 6. The molecular weight excluding hydrogens is 386 g/mol. The van der Waals surface area contributed by atoms with E-state index >= 15 is 0 Å². The van der Waals surface area contributed by atoms with Crippen LogP contribution in [0.2, 0.25) is 0 Å². The summed E-state index contributed by atoms with van der Waals surface area (Å²) in [6.45, 7) is 2.89. The lowest BCUT2D eigenvalue weighted by molar-refractivity contribution is 0.103. The van der Waals surface area contributed by atoms with E-state index in [1.807, 2.05) is 71.1 Å². The zero-order chi connectivity index (χ0) is 21.2. The number of carbonyl (C=O) groups excluding carboxylic acids is 1. The van der Waals surface area contributed by atoms with Crippen LogP contribution in [-0.2, 0) is 0 Å². The quantitative estimate of drug-likeness (QED) is 0.412. The van der Waals surface area contributed by atoms with Gasteiger partial charge in [-0.2, -0.15) is 0 Å². The molecule has 0 saturated carbocycles. The van der Waals surface area contributed by atoms with Crippen LogP contribution in [0.5, 0.6) is 0 Å². The van der Waals surface area contributed by atoms with E-state index in [-0.39, 0.29) is 5.78 Å². The molecule has 3 aromatic carbocycles. The molecule has 0 aliphatic carbocycles. The van der Waals surface area contributed by atoms with Gasteiger partial charge < -0.3 is 5.32 Å². The van der Waals surface area contributed by atoms with Crippen molar-refractivity contribution in [1.29, 1.82) is 0 Å². The van der Waals surface area contributed by atoms with Crippen LogP contribution in [-0.4, -0.2) is 31.9 Å². The van der Waals surface area contributed by atoms with Gasteiger partial charge in [-0.15, -0.1) is 10.2 Å². The second kappa shape index (κ2) is 7.99. The molecule has 5 rings (SSSR count). The summed E-state index contributed by atoms with van der Waals surface area (Å²) in [7, 11) is 0. The smallest absolute Gasteiger partial charge is 0.203 e. The first-order valence-electron chi connectivity index (χ1n) is 10.2. The Hall–Kier alpha value is -4.06. The van der Waals surface area contributed by atoms with Crippen LogP contribution in [0.15, 0.2) is 85.2 Å². The minimum atomic E-state index is -0.0254. The van der Waals surface area contributed by atoms with E-state index in [0.29, 0.717) is 28.5 Å². The number of anilines is 1. The van der Waals surface area contributed by atoms with Crippen molar-refractivity contribution in [2.75, 3.05) is 11.9 Å². The van der Waals surface area contributed by atoms with Crippen LogP contribution in [0, 0.1) is 0 Å². The zero-order valence-electron chi connectivity index (χ0n) is 17.1. The normalized spacial score (nSPS) is 12.2. The molecule has 6 heteroatoms. The maximum absolute atomic E-state index is 12.9. The molecule has 5 aromatic rings. The fourth-order valence-corrected chi connectivity index (χ4v) is 3.72. The minimum absolute atomic E-state index is 0.0254. The fraction of sp³-hybridized carbons (Fsp3) is 0.120. The third kappa shape index (κ3) is 3.64. The van der Waals surface area contributed by atoms with Crippen LogP contribution < -0.4 is 5.32 Å². The molecule has 2 heterocycles. The van der Waals surface area contributed by atoms with E-state index in [0.717, 1.165) is 17.6 Å². The van der Waals surface area contributed by atoms with E-state index in [4.69, 9.17) is 4.98 Å². The fourth-order valence-electron chi connectivity index (χ4n) is 3.72. The molecule has 152 valence electrons. The molecular formula is C25H21N5O. The van der Waals surface area contributed by atoms with Gasteiger partial charge in [0.1, 0.15) is 6.33 Å². The standard InChI is InChI=1S/C25H21N5O/c1-17(18-8-4-2-5-9-18)15-26-24-25-29-27-16-30(25)22-14-20(12-13-21(22)28-24)23(31)19-10-6-3-7-11-19/h2-14,16-17H,15H2,1H3,(H,26,28)/t17-/m0/s1. The van der Waals surface area contributed by atoms with Crippen molar-refractivity contribution in [2.45, 2.75) is 12.8 Å². The summed E-state index contributed by atoms with van der Waals surface area (Å²) in [5.41, 5.74) is 4.72. The van der Waals surface area contributed by atoms with Gasteiger partial charge in [0.15, 0.2) is 11.6 Å². The van der Waals surface area contributed by atoms with Crippen molar-refractivity contribution in [3.63, 3.8) is 0 Å². The molecule has 0 saturated heterocycles. The van der Waals surface area contributed by atoms with E-state index in [1.54, 1.807) is 6.33 Å². The number of hydrogen-bond acceptors (Lipinski definition) is 5. The van der Waals surface area contributed by atoms with Crippen molar-refractivity contribution in [3.05, 3.63) is 102 Å². The minimum Gasteiger partial charge on any atom is -0.366 e. The number of hydrogen-bond donors (Lipinski definition) is 1. The Labute approximate surface area is 179 Å². The van der Waals surface area contributed by atoms with Crippen molar-refractivity contribution >= 4 is 28.3 Å². The second-order valence-electron chi connectivity index (χ2n) is 7.58. The first-order chi connectivity index (χ1) is 15.2. The highest BCUT2D eigenvalue weighted by molar-refractivity contribution is 6.10. The Kier molecular flexibility index (Phi) is 4.88. The highest BCUT2D eigenvalue weighted by atomic mass is 16.1. The summed E-state index contributed by atoms with van der Waals surface area (Å²) >= 11 is 0. The van der Waals surface area contributed by atoms with Crippen molar-refractivity contribution in [2.24, 2.45) is 0 Å². The molecule has 0 amide bonds. The van der Waals surface area contributed by atoms with Crippen LogP contribution in [0.25, 0.3) is 16.7 Å². The molecule has 1 N–H and O–H groups in total. The van der Waals surface area contributed by atoms with Crippen LogP contribution in [0.3, 0.4) is 0 Å². The number of nitrogens with one attached hydrogen (secondary N) is 1. The molecule has 0 unspecified atom stereocenters. The highest BCUT2D eigenvalue weighted by Crippen LogP contribution is 2.23. The summed E-state index contributed by atoms with van der Waals surface area (Å²) in [6, 6.07) is 25.2. The van der Waals surface area contributed by atoms with Gasteiger partial charge in [-0.1, -0.05) is 67.6 Å². The number of aromatic nitrogens is 4. The zero-order valence-corrected chi connectivity index (χ0v) is 17.1. The Morgan fingerprint density at radius 3 is 2.48 bits per heavy atom. The Morgan fingerprint density at radius 1 is 0.968 bits per heavy atom. The summed E-state index contributed by atoms with van der Waals surface area (Å²) in [5.74, 6) is 0.963. The Bertz CT molecular complexity index is 1360. The van der Waals surface area contributed by atoms with Gasteiger partial charge in [0.25, 0.3) is 0 Å². The molecule has 0 radical (unpaired) electrons. The van der Waals surface area contributed by atoms with Gasteiger partial charge in [0.2, 0.25) is 5.65 Å². The summed E-state index contributed by atoms with van der Waals surface area (Å²) in [6.07, 6.45) is 1.65. The van der Waals surface area contributed by atoms with E-state index in [2.05, 4.69) is 34.6 Å². The van der Waals surface area contributed by atoms with Crippen molar-refractivity contribution < 1.29 is 4.79 Å². The molecule has 31 heavy (non-hydrogen) atoms. The maximum atomic E-state index is 12.9. The SMILES string of the molecule is C[C@@H](CNc1nc2ccc(C(=O)c3ccccc3)cc2n2cnnc12)c1ccccc1. The number of benzene rings is 3. The Morgan fingerprint density at radius 2 is 1.71 bits per heavy atom. The molecule has 0 fully saturated rings. The topological polar surface area (TPSA) is 72.2 Å². The van der Waals surface area contributed by atoms with Gasteiger partial charge in [0.05, 0.1) is 11.0 Å². The van der Waals surface area contributed by atoms with E-state index in [9.17, 15) is 4.79 Å². The third-order valence-corrected chi connectivity index (χ3v) is 5.47. The number of ketones is 1. The van der Waals surface area contributed by atoms with Gasteiger partial charge in [0, 0.05) is 17.7 Å². The van der Waals surface area contributed by atoms with Crippen LogP contribution in [0.4, 0.5) is 5.82 Å². The molecule has 0 bridgehead atoms. The number of fused-ring (bicyclic) bond motifs is 3. The first kappa shape index (κ1) is 18.9. The highest BCUT2D eigenvalue weighted by Gasteiger charge is 2.15. The molecule has 2 aromatic heterocycles. The molecule has 0 aliphatic rings. The average Bonchev–Trinajstić information content (AvgIpc) is 3.33.